The van der Waals surface area contributed by atoms with Gasteiger partial charge in [-0.2, -0.15) is 0 Å². The van der Waals surface area contributed by atoms with Gasteiger partial charge in [-0.15, -0.1) is 0 Å². The molecule has 2 N–H and O–H groups in total. The fourth-order valence-electron chi connectivity index (χ4n) is 1.70. The van der Waals surface area contributed by atoms with E-state index in [-0.39, 0.29) is 11.7 Å². The lowest BCUT2D eigenvalue weighted by atomic mass is 10.3. The van der Waals surface area contributed by atoms with Gasteiger partial charge in [-0.05, 0) is 20.3 Å². The quantitative estimate of drug-likeness (QED) is 0.510. The van der Waals surface area contributed by atoms with Crippen molar-refractivity contribution in [1.29, 1.82) is 0 Å². The van der Waals surface area contributed by atoms with Crippen LogP contribution < -0.4 is 0 Å². The average molecular weight is 177 g/mol. The monoisotopic (exact) mass is 177 g/mol. The molecule has 0 fully saturated rings. The maximum absolute atomic E-state index is 9.57. The highest BCUT2D eigenvalue weighted by atomic mass is 16.3. The van der Waals surface area contributed by atoms with Crippen molar-refractivity contribution in [2.75, 3.05) is 19.6 Å². The molecule has 0 saturated carbocycles. The predicted molar refractivity (Wildman–Crippen MR) is 50.1 cm³/mol. The minimum atomic E-state index is -0.218. The Morgan fingerprint density at radius 2 is 1.58 bits per heavy atom. The van der Waals surface area contributed by atoms with E-state index in [2.05, 4.69) is 20.8 Å². The maximum atomic E-state index is 9.57. The first-order valence-electron chi connectivity index (χ1n) is 4.66. The molecular formula is C9H23NO2. The number of hydrogen-bond acceptors (Lipinski definition) is 2. The minimum absolute atomic E-state index is 0. The van der Waals surface area contributed by atoms with Crippen LogP contribution in [0.4, 0.5) is 0 Å². The summed E-state index contributed by atoms with van der Waals surface area (Å²) in [6, 6.07) is 0. The fourth-order valence-corrected chi connectivity index (χ4v) is 1.70. The molecule has 3 nitrogen and oxygen atoms in total. The van der Waals surface area contributed by atoms with Gasteiger partial charge >= 0.3 is 0 Å². The Balaban J connectivity index is 0. The van der Waals surface area contributed by atoms with Crippen molar-refractivity contribution >= 4 is 0 Å². The third-order valence-corrected chi connectivity index (χ3v) is 2.72. The van der Waals surface area contributed by atoms with Crippen LogP contribution in [0, 0.1) is 0 Å². The summed E-state index contributed by atoms with van der Waals surface area (Å²) in [4.78, 5) is 0. The van der Waals surface area contributed by atoms with Crippen LogP contribution >= 0.6 is 0 Å². The van der Waals surface area contributed by atoms with Crippen molar-refractivity contribution in [2.24, 2.45) is 0 Å². The fraction of sp³-hybridized carbons (Fsp3) is 1.00. The molecule has 76 valence electrons. The zero-order valence-electron chi connectivity index (χ0n) is 8.75. The number of nitrogens with zero attached hydrogens (tertiary/aromatic N) is 1. The van der Waals surface area contributed by atoms with Gasteiger partial charge in [0.05, 0.1) is 19.6 Å². The minimum Gasteiger partial charge on any atom is -0.870 e. The standard InChI is InChI=1S/C9H22NO.H2O/c1-5-8-10(6-2,7-3)9(4)11;/h9,11H,5-8H2,1-4H3;1H2/q+1;/p-1. The Kier molecular flexibility index (Phi) is 7.69. The van der Waals surface area contributed by atoms with Gasteiger partial charge in [0.25, 0.3) is 0 Å². The summed E-state index contributed by atoms with van der Waals surface area (Å²) in [7, 11) is 0. The second-order valence-corrected chi connectivity index (χ2v) is 3.21. The molecule has 1 unspecified atom stereocenters. The lowest BCUT2D eigenvalue weighted by Crippen LogP contribution is -2.54. The van der Waals surface area contributed by atoms with E-state index < -0.39 is 0 Å². The summed E-state index contributed by atoms with van der Waals surface area (Å²) in [5.41, 5.74) is 0. The van der Waals surface area contributed by atoms with Crippen molar-refractivity contribution in [2.45, 2.75) is 40.3 Å². The van der Waals surface area contributed by atoms with Crippen LogP contribution in [-0.4, -0.2) is 40.9 Å². The third kappa shape index (κ3) is 3.09. The summed E-state index contributed by atoms with van der Waals surface area (Å²) >= 11 is 0. The summed E-state index contributed by atoms with van der Waals surface area (Å²) in [6.45, 7) is 11.5. The van der Waals surface area contributed by atoms with E-state index >= 15 is 0 Å². The van der Waals surface area contributed by atoms with Gasteiger partial charge in [0.2, 0.25) is 0 Å². The average Bonchev–Trinajstić information content (AvgIpc) is 2.00. The van der Waals surface area contributed by atoms with Crippen LogP contribution in [0.5, 0.6) is 0 Å². The van der Waals surface area contributed by atoms with Crippen molar-refractivity contribution < 1.29 is 15.1 Å². The molecule has 0 radical (unpaired) electrons. The third-order valence-electron chi connectivity index (χ3n) is 2.72. The molecule has 0 bridgehead atoms. The topological polar surface area (TPSA) is 50.2 Å². The Morgan fingerprint density at radius 1 is 1.17 bits per heavy atom. The van der Waals surface area contributed by atoms with E-state index in [1.165, 1.54) is 0 Å². The molecule has 0 amide bonds. The molecular weight excluding hydrogens is 154 g/mol. The highest BCUT2D eigenvalue weighted by Crippen LogP contribution is 2.11. The molecule has 0 aliphatic carbocycles. The van der Waals surface area contributed by atoms with E-state index in [4.69, 9.17) is 0 Å². The van der Waals surface area contributed by atoms with E-state index in [0.29, 0.717) is 0 Å². The molecule has 0 aromatic carbocycles. The summed E-state index contributed by atoms with van der Waals surface area (Å²) in [5.74, 6) is 0. The molecule has 0 saturated heterocycles. The predicted octanol–water partition coefficient (Wildman–Crippen LogP) is 1.41. The number of rotatable bonds is 5. The molecule has 0 aliphatic heterocycles. The number of quaternary nitrogens is 1. The van der Waals surface area contributed by atoms with Gasteiger partial charge in [-0.1, -0.05) is 6.92 Å². The van der Waals surface area contributed by atoms with Crippen molar-refractivity contribution in [1.82, 2.24) is 0 Å². The van der Waals surface area contributed by atoms with Crippen LogP contribution in [0.3, 0.4) is 0 Å². The molecule has 0 aliphatic rings. The lowest BCUT2D eigenvalue weighted by molar-refractivity contribution is -0.966. The molecule has 0 aromatic heterocycles. The lowest BCUT2D eigenvalue weighted by Gasteiger charge is -2.39. The van der Waals surface area contributed by atoms with Crippen LogP contribution in [0.1, 0.15) is 34.1 Å². The number of aliphatic hydroxyl groups is 1. The van der Waals surface area contributed by atoms with Crippen LogP contribution in [-0.2, 0) is 0 Å². The van der Waals surface area contributed by atoms with Gasteiger partial charge in [-0.25, -0.2) is 0 Å². The highest BCUT2D eigenvalue weighted by Gasteiger charge is 2.27. The summed E-state index contributed by atoms with van der Waals surface area (Å²) in [5, 5.41) is 9.57. The number of hydrogen-bond donors (Lipinski definition) is 1. The summed E-state index contributed by atoms with van der Waals surface area (Å²) in [6.07, 6.45) is 0.928. The van der Waals surface area contributed by atoms with E-state index in [9.17, 15) is 5.11 Å². The van der Waals surface area contributed by atoms with E-state index in [0.717, 1.165) is 30.5 Å². The van der Waals surface area contributed by atoms with Crippen molar-refractivity contribution in [3.8, 4) is 0 Å². The highest BCUT2D eigenvalue weighted by molar-refractivity contribution is 4.39. The molecule has 3 heteroatoms. The second kappa shape index (κ2) is 6.40. The Bertz CT molecular complexity index is 101. The molecule has 0 spiro atoms. The molecule has 0 heterocycles. The van der Waals surface area contributed by atoms with Crippen LogP contribution in [0.15, 0.2) is 0 Å². The van der Waals surface area contributed by atoms with Crippen LogP contribution in [0.25, 0.3) is 0 Å². The van der Waals surface area contributed by atoms with Gasteiger partial charge in [0.1, 0.15) is 0 Å². The Hall–Kier alpha value is -0.120. The van der Waals surface area contributed by atoms with Gasteiger partial charge < -0.3 is 10.6 Å². The molecule has 12 heavy (non-hydrogen) atoms. The summed E-state index contributed by atoms with van der Waals surface area (Å²) < 4.78 is 0.844. The van der Waals surface area contributed by atoms with Gasteiger partial charge in [-0.3, -0.25) is 4.48 Å². The van der Waals surface area contributed by atoms with Crippen molar-refractivity contribution in [3.63, 3.8) is 0 Å². The van der Waals surface area contributed by atoms with E-state index in [1.807, 2.05) is 6.92 Å². The first-order valence-corrected chi connectivity index (χ1v) is 4.66. The Labute approximate surface area is 75.9 Å². The first kappa shape index (κ1) is 14.4. The molecule has 0 rings (SSSR count). The largest absolute Gasteiger partial charge is 0.870 e. The smallest absolute Gasteiger partial charge is 0.187 e. The van der Waals surface area contributed by atoms with E-state index in [1.54, 1.807) is 0 Å². The number of aliphatic hydroxyl groups excluding tert-OH is 1. The van der Waals surface area contributed by atoms with Crippen molar-refractivity contribution in [3.05, 3.63) is 0 Å². The SMILES string of the molecule is CCC[N+](CC)(CC)C(C)O.[OH-]. The van der Waals surface area contributed by atoms with Gasteiger partial charge in [0, 0.05) is 6.92 Å². The maximum Gasteiger partial charge on any atom is 0.187 e. The normalized spacial score (nSPS) is 13.8. The zero-order valence-corrected chi connectivity index (χ0v) is 8.75. The molecule has 1 atom stereocenters. The Morgan fingerprint density at radius 3 is 1.67 bits per heavy atom. The van der Waals surface area contributed by atoms with Crippen LogP contribution in [0.2, 0.25) is 0 Å². The second-order valence-electron chi connectivity index (χ2n) is 3.21. The molecule has 0 aromatic rings. The van der Waals surface area contributed by atoms with Gasteiger partial charge in [0.15, 0.2) is 6.23 Å². The first-order chi connectivity index (χ1) is 5.13. The zero-order chi connectivity index (χ0) is 8.91.